The third-order valence-electron chi connectivity index (χ3n) is 6.23. The summed E-state index contributed by atoms with van der Waals surface area (Å²) < 4.78 is 5.53. The minimum absolute atomic E-state index is 0.0700. The molecule has 0 saturated heterocycles. The van der Waals surface area contributed by atoms with Gasteiger partial charge in [-0.1, -0.05) is 36.6 Å². The lowest BCUT2D eigenvalue weighted by Gasteiger charge is -2.26. The van der Waals surface area contributed by atoms with Gasteiger partial charge in [0.25, 0.3) is 5.91 Å². The van der Waals surface area contributed by atoms with Crippen LogP contribution in [-0.4, -0.2) is 30.8 Å². The van der Waals surface area contributed by atoms with Gasteiger partial charge < -0.3 is 19.5 Å². The van der Waals surface area contributed by atoms with Gasteiger partial charge in [-0.05, 0) is 60.9 Å². The van der Waals surface area contributed by atoms with Crippen LogP contribution in [0.2, 0.25) is 5.02 Å². The van der Waals surface area contributed by atoms with Crippen molar-refractivity contribution < 1.29 is 14.0 Å². The molecule has 0 unspecified atom stereocenters. The number of nitrogens with zero attached hydrogens (tertiary/aromatic N) is 2. The molecular weight excluding hydrogens is 450 g/mol. The summed E-state index contributed by atoms with van der Waals surface area (Å²) in [5.74, 6) is 0.638. The van der Waals surface area contributed by atoms with Crippen LogP contribution in [0.3, 0.4) is 0 Å². The van der Waals surface area contributed by atoms with Crippen molar-refractivity contribution in [3.05, 3.63) is 82.8 Å². The summed E-state index contributed by atoms with van der Waals surface area (Å²) in [6.07, 6.45) is 5.69. The second-order valence-electron chi connectivity index (χ2n) is 8.93. The van der Waals surface area contributed by atoms with Gasteiger partial charge in [-0.15, -0.1) is 0 Å². The molecule has 1 saturated carbocycles. The molecular formula is C27H30ClN3O3. The zero-order chi connectivity index (χ0) is 24.1. The summed E-state index contributed by atoms with van der Waals surface area (Å²) in [4.78, 5) is 29.9. The Kier molecular flexibility index (Phi) is 7.58. The first-order valence-electron chi connectivity index (χ1n) is 11.6. The van der Waals surface area contributed by atoms with Crippen LogP contribution in [0, 0.1) is 5.92 Å². The fourth-order valence-corrected chi connectivity index (χ4v) is 4.68. The number of hydrogen-bond donors (Lipinski definition) is 1. The Bertz CT molecular complexity index is 1140. The first-order valence-corrected chi connectivity index (χ1v) is 12.0. The average Bonchev–Trinajstić information content (AvgIpc) is 3.53. The Hall–Kier alpha value is -3.25. The molecule has 1 aliphatic carbocycles. The van der Waals surface area contributed by atoms with Gasteiger partial charge in [0.15, 0.2) is 0 Å². The third kappa shape index (κ3) is 5.62. The highest BCUT2D eigenvalue weighted by molar-refractivity contribution is 6.33. The Labute approximate surface area is 205 Å². The number of rotatable bonds is 8. The maximum absolute atomic E-state index is 13.5. The average molecular weight is 480 g/mol. The summed E-state index contributed by atoms with van der Waals surface area (Å²) in [5, 5.41) is 3.48. The van der Waals surface area contributed by atoms with Crippen LogP contribution < -0.4 is 10.2 Å². The first kappa shape index (κ1) is 23.9. The highest BCUT2D eigenvalue weighted by atomic mass is 35.5. The Morgan fingerprint density at radius 1 is 1.03 bits per heavy atom. The molecule has 0 aliphatic heterocycles. The fraction of sp³-hybridized carbons (Fsp3) is 0.333. The van der Waals surface area contributed by atoms with Gasteiger partial charge in [-0.2, -0.15) is 0 Å². The van der Waals surface area contributed by atoms with E-state index in [-0.39, 0.29) is 17.7 Å². The molecule has 1 N–H and O–H groups in total. The summed E-state index contributed by atoms with van der Waals surface area (Å²) in [5.41, 5.74) is 3.06. The minimum atomic E-state index is -0.188. The molecule has 0 atom stereocenters. The molecule has 7 heteroatoms. The van der Waals surface area contributed by atoms with Crippen molar-refractivity contribution in [1.29, 1.82) is 0 Å². The van der Waals surface area contributed by atoms with E-state index in [4.69, 9.17) is 16.0 Å². The minimum Gasteiger partial charge on any atom is -0.467 e. The number of nitrogens with one attached hydrogen (secondary N) is 1. The zero-order valence-electron chi connectivity index (χ0n) is 19.6. The van der Waals surface area contributed by atoms with Gasteiger partial charge in [0.05, 0.1) is 23.4 Å². The second-order valence-corrected chi connectivity index (χ2v) is 9.34. The van der Waals surface area contributed by atoms with E-state index in [1.165, 1.54) is 0 Å². The molecule has 178 valence electrons. The van der Waals surface area contributed by atoms with Crippen LogP contribution in [0.1, 0.15) is 47.4 Å². The lowest BCUT2D eigenvalue weighted by molar-refractivity contribution is -0.119. The maximum Gasteiger partial charge on any atom is 0.256 e. The summed E-state index contributed by atoms with van der Waals surface area (Å²) in [7, 11) is 3.92. The summed E-state index contributed by atoms with van der Waals surface area (Å²) in [6.45, 7) is 0.619. The van der Waals surface area contributed by atoms with Gasteiger partial charge in [0.1, 0.15) is 5.76 Å². The Morgan fingerprint density at radius 3 is 2.47 bits per heavy atom. The topological polar surface area (TPSA) is 65.8 Å². The second kappa shape index (κ2) is 10.8. The van der Waals surface area contributed by atoms with Gasteiger partial charge in [-0.25, -0.2) is 0 Å². The van der Waals surface area contributed by atoms with E-state index in [0.29, 0.717) is 29.4 Å². The number of halogens is 1. The maximum atomic E-state index is 13.5. The van der Waals surface area contributed by atoms with E-state index in [1.807, 2.05) is 43.3 Å². The van der Waals surface area contributed by atoms with Crippen LogP contribution in [-0.2, 0) is 17.9 Å². The SMILES string of the molecule is CN(C)c1ccc(NC(=O)C2CCCC2)cc1CN(Cc1ccco1)C(=O)c1ccccc1Cl. The molecule has 1 heterocycles. The molecule has 4 rings (SSSR count). The number of benzene rings is 2. The first-order chi connectivity index (χ1) is 16.4. The molecule has 1 aliphatic rings. The van der Waals surface area contributed by atoms with Crippen molar-refractivity contribution in [3.8, 4) is 0 Å². The van der Waals surface area contributed by atoms with Crippen LogP contribution in [0.25, 0.3) is 0 Å². The lowest BCUT2D eigenvalue weighted by Crippen LogP contribution is -2.31. The molecule has 3 aromatic rings. The summed E-state index contributed by atoms with van der Waals surface area (Å²) >= 11 is 6.35. The van der Waals surface area contributed by atoms with Crippen LogP contribution in [0.15, 0.2) is 65.3 Å². The van der Waals surface area contributed by atoms with Crippen molar-refractivity contribution in [3.63, 3.8) is 0 Å². The summed E-state index contributed by atoms with van der Waals surface area (Å²) in [6, 6.07) is 16.5. The van der Waals surface area contributed by atoms with Gasteiger partial charge in [0, 0.05) is 37.9 Å². The monoisotopic (exact) mass is 479 g/mol. The number of anilines is 2. The van der Waals surface area contributed by atoms with Crippen LogP contribution >= 0.6 is 11.6 Å². The zero-order valence-corrected chi connectivity index (χ0v) is 20.3. The number of carbonyl (C=O) groups is 2. The van der Waals surface area contributed by atoms with Crippen molar-refractivity contribution in [2.24, 2.45) is 5.92 Å². The highest BCUT2D eigenvalue weighted by Gasteiger charge is 2.24. The van der Waals surface area contributed by atoms with Crippen LogP contribution in [0.4, 0.5) is 11.4 Å². The molecule has 6 nitrogen and oxygen atoms in total. The molecule has 1 aromatic heterocycles. The van der Waals surface area contributed by atoms with Crippen molar-refractivity contribution in [1.82, 2.24) is 4.90 Å². The third-order valence-corrected chi connectivity index (χ3v) is 6.56. The fourth-order valence-electron chi connectivity index (χ4n) is 4.46. The molecule has 0 spiro atoms. The predicted octanol–water partition coefficient (Wildman–Crippen LogP) is 5.97. The predicted molar refractivity (Wildman–Crippen MR) is 135 cm³/mol. The quantitative estimate of drug-likeness (QED) is 0.432. The van der Waals surface area contributed by atoms with Gasteiger partial charge in [-0.3, -0.25) is 9.59 Å². The van der Waals surface area contributed by atoms with E-state index in [9.17, 15) is 9.59 Å². The normalized spacial score (nSPS) is 13.6. The van der Waals surface area contributed by atoms with Crippen LogP contribution in [0.5, 0.6) is 0 Å². The lowest BCUT2D eigenvalue weighted by atomic mass is 10.1. The molecule has 2 aromatic carbocycles. The Balaban J connectivity index is 1.63. The number of hydrogen-bond acceptors (Lipinski definition) is 4. The molecule has 1 fully saturated rings. The standard InChI is InChI=1S/C27H30ClN3O3/c1-30(2)25-14-13-21(29-26(32)19-8-3-4-9-19)16-20(25)17-31(18-22-10-7-15-34-22)27(33)23-11-5-6-12-24(23)28/h5-7,10-16,19H,3-4,8-9,17-18H2,1-2H3,(H,29,32). The highest BCUT2D eigenvalue weighted by Crippen LogP contribution is 2.29. The Morgan fingerprint density at radius 2 is 1.79 bits per heavy atom. The van der Waals surface area contributed by atoms with E-state index in [0.717, 1.165) is 42.6 Å². The van der Waals surface area contributed by atoms with Crippen molar-refractivity contribution in [2.75, 3.05) is 24.3 Å². The van der Waals surface area contributed by atoms with E-state index < -0.39 is 0 Å². The van der Waals surface area contributed by atoms with E-state index in [1.54, 1.807) is 41.5 Å². The van der Waals surface area contributed by atoms with Crippen molar-refractivity contribution >= 4 is 34.8 Å². The van der Waals surface area contributed by atoms with Crippen molar-refractivity contribution in [2.45, 2.75) is 38.8 Å². The van der Waals surface area contributed by atoms with E-state index >= 15 is 0 Å². The molecule has 0 radical (unpaired) electrons. The largest absolute Gasteiger partial charge is 0.467 e. The van der Waals surface area contributed by atoms with Gasteiger partial charge in [0.2, 0.25) is 5.91 Å². The smallest absolute Gasteiger partial charge is 0.256 e. The van der Waals surface area contributed by atoms with Gasteiger partial charge >= 0.3 is 0 Å². The number of carbonyl (C=O) groups excluding carboxylic acids is 2. The van der Waals surface area contributed by atoms with E-state index in [2.05, 4.69) is 5.32 Å². The molecule has 0 bridgehead atoms. The molecule has 2 amide bonds. The number of amides is 2. The molecule has 34 heavy (non-hydrogen) atoms. The number of furan rings is 1.